The average molecular weight is 981 g/mol. The van der Waals surface area contributed by atoms with Crippen LogP contribution in [0.3, 0.4) is 0 Å². The molecule has 20 heteroatoms. The Morgan fingerprint density at radius 1 is 1.01 bits per heavy atom. The third-order valence-electron chi connectivity index (χ3n) is 14.9. The summed E-state index contributed by atoms with van der Waals surface area (Å²) in [6.45, 7) is 6.94. The first-order valence-corrected chi connectivity index (χ1v) is 24.1. The Balaban J connectivity index is 0.752. The number of hydrogen-bond donors (Lipinski definition) is 5. The van der Waals surface area contributed by atoms with E-state index in [9.17, 15) is 29.1 Å². The minimum absolute atomic E-state index is 0.0207. The van der Waals surface area contributed by atoms with Gasteiger partial charge >= 0.3 is 12.1 Å². The van der Waals surface area contributed by atoms with Crippen molar-refractivity contribution in [1.29, 1.82) is 0 Å². The zero-order chi connectivity index (χ0) is 50.0. The summed E-state index contributed by atoms with van der Waals surface area (Å²) in [7, 11) is 0. The predicted octanol–water partition coefficient (Wildman–Crippen LogP) is 4.92. The number of carbonyl (C=O) groups excluding carboxylic acids is 5. The van der Waals surface area contributed by atoms with Gasteiger partial charge in [0.2, 0.25) is 11.8 Å². The van der Waals surface area contributed by atoms with Gasteiger partial charge < -0.3 is 35.4 Å². The summed E-state index contributed by atoms with van der Waals surface area (Å²) in [5.74, 6) is -1.15. The molecule has 2 bridgehead atoms. The van der Waals surface area contributed by atoms with E-state index in [4.69, 9.17) is 20.9 Å². The number of nitrogens with zero attached hydrogens (tertiary/aromatic N) is 6. The third-order valence-corrected chi connectivity index (χ3v) is 14.9. The molecule has 6 aliphatic rings. The summed E-state index contributed by atoms with van der Waals surface area (Å²) in [5, 5.41) is 23.5. The van der Waals surface area contributed by atoms with Crippen LogP contribution >= 0.6 is 0 Å². The van der Waals surface area contributed by atoms with Crippen molar-refractivity contribution in [3.63, 3.8) is 0 Å². The normalized spacial score (nSPS) is 23.7. The summed E-state index contributed by atoms with van der Waals surface area (Å²) in [4.78, 5) is 83.2. The number of amides is 5. The van der Waals surface area contributed by atoms with Gasteiger partial charge in [0.05, 0.1) is 27.6 Å². The quantitative estimate of drug-likeness (QED) is 0.0458. The van der Waals surface area contributed by atoms with Gasteiger partial charge in [-0.25, -0.2) is 13.6 Å². The largest absolute Gasteiger partial charge is 0.508 e. The molecule has 11 rings (SSSR count). The van der Waals surface area contributed by atoms with Crippen LogP contribution in [0.1, 0.15) is 77.6 Å². The highest BCUT2D eigenvalue weighted by atomic mass is 19.1. The molecule has 5 atom stereocenters. The fourth-order valence-corrected chi connectivity index (χ4v) is 11.6. The number of carbonyl (C=O) groups is 5. The van der Waals surface area contributed by atoms with Crippen LogP contribution in [-0.2, 0) is 14.3 Å². The fraction of sp³-hybridized carbons (Fsp3) is 0.385. The van der Waals surface area contributed by atoms with Gasteiger partial charge in [-0.3, -0.25) is 39.3 Å². The number of piperidine rings is 1. The molecule has 0 saturated carbocycles. The van der Waals surface area contributed by atoms with Gasteiger partial charge in [0.1, 0.15) is 47.9 Å². The molecule has 370 valence electrons. The highest BCUT2D eigenvalue weighted by Crippen LogP contribution is 2.45. The lowest BCUT2D eigenvalue weighted by Crippen LogP contribution is -2.54. The van der Waals surface area contributed by atoms with Crippen molar-refractivity contribution in [3.8, 4) is 35.4 Å². The molecular formula is C52H50F2N10O8. The summed E-state index contributed by atoms with van der Waals surface area (Å²) in [6, 6.07) is 9.43. The van der Waals surface area contributed by atoms with Gasteiger partial charge in [0, 0.05) is 80.1 Å². The van der Waals surface area contributed by atoms with E-state index in [2.05, 4.69) is 53.5 Å². The number of terminal acetylenes is 1. The number of nitrogens with one attached hydrogen (secondary N) is 4. The SMILES string of the molecule is C#Cc1c(F)ccc2cc(O)cc(-c3ncc4c(N5CC6CCC(C5)N6)nc(OC[C@@]56CC[C@@H](COC(=O)NCCCNc7cccc8c7C(=O)N(C7CCC(=O)NC7=O)C8=O)N5CC(=C)C6)nc4c3F)c12. The highest BCUT2D eigenvalue weighted by Gasteiger charge is 2.52. The van der Waals surface area contributed by atoms with E-state index in [0.717, 1.165) is 23.3 Å². The highest BCUT2D eigenvalue weighted by molar-refractivity contribution is 6.25. The monoisotopic (exact) mass is 980 g/mol. The second kappa shape index (κ2) is 18.4. The number of aromatic nitrogens is 3. The van der Waals surface area contributed by atoms with Crippen LogP contribution in [0.15, 0.2) is 60.8 Å². The number of benzene rings is 3. The first-order chi connectivity index (χ1) is 34.8. The molecule has 72 heavy (non-hydrogen) atoms. The topological polar surface area (TPSA) is 221 Å². The number of phenols is 1. The van der Waals surface area contributed by atoms with Crippen molar-refractivity contribution < 1.29 is 47.3 Å². The molecule has 2 aromatic heterocycles. The fourth-order valence-electron chi connectivity index (χ4n) is 11.6. The number of ether oxygens (including phenoxy) is 2. The number of imide groups is 2. The first-order valence-electron chi connectivity index (χ1n) is 24.1. The molecule has 18 nitrogen and oxygen atoms in total. The number of piperazine rings is 1. The van der Waals surface area contributed by atoms with Crippen molar-refractivity contribution in [2.75, 3.05) is 56.2 Å². The summed E-state index contributed by atoms with van der Waals surface area (Å²) >= 11 is 0. The van der Waals surface area contributed by atoms with Crippen LogP contribution < -0.4 is 30.9 Å². The lowest BCUT2D eigenvalue weighted by atomic mass is 9.94. The number of pyridine rings is 1. The van der Waals surface area contributed by atoms with E-state index in [1.54, 1.807) is 12.1 Å². The summed E-state index contributed by atoms with van der Waals surface area (Å²) in [6.07, 6.45) is 11.2. The molecule has 0 radical (unpaired) electrons. The van der Waals surface area contributed by atoms with Crippen molar-refractivity contribution in [1.82, 2.24) is 40.7 Å². The molecule has 0 aliphatic carbocycles. The zero-order valence-electron chi connectivity index (χ0n) is 39.1. The van der Waals surface area contributed by atoms with Crippen molar-refractivity contribution in [2.24, 2.45) is 0 Å². The Morgan fingerprint density at radius 3 is 2.62 bits per heavy atom. The van der Waals surface area contributed by atoms with Crippen LogP contribution in [0.2, 0.25) is 0 Å². The molecule has 5 aromatic rings. The average Bonchev–Trinajstić information content (AvgIpc) is 4.07. The van der Waals surface area contributed by atoms with Gasteiger partial charge in [-0.2, -0.15) is 9.97 Å². The van der Waals surface area contributed by atoms with Gasteiger partial charge in [0.15, 0.2) is 5.82 Å². The third kappa shape index (κ3) is 8.25. The van der Waals surface area contributed by atoms with E-state index < -0.39 is 52.9 Å². The van der Waals surface area contributed by atoms with E-state index in [1.807, 2.05) is 0 Å². The van der Waals surface area contributed by atoms with Crippen LogP contribution in [0.4, 0.5) is 25.1 Å². The smallest absolute Gasteiger partial charge is 0.407 e. The zero-order valence-corrected chi connectivity index (χ0v) is 39.1. The number of phenolic OH excluding ortho intramolecular Hbond substituents is 1. The minimum Gasteiger partial charge on any atom is -0.508 e. The Bertz CT molecular complexity index is 3190. The van der Waals surface area contributed by atoms with E-state index in [-0.39, 0.29) is 101 Å². The Morgan fingerprint density at radius 2 is 1.83 bits per heavy atom. The van der Waals surface area contributed by atoms with E-state index in [1.165, 1.54) is 36.5 Å². The molecule has 5 amide bonds. The Hall–Kier alpha value is -7.76. The number of hydrogen-bond acceptors (Lipinski definition) is 15. The van der Waals surface area contributed by atoms with Crippen molar-refractivity contribution >= 4 is 62.9 Å². The number of fused-ring (bicyclic) bond motifs is 6. The molecule has 3 aromatic carbocycles. The van der Waals surface area contributed by atoms with Gasteiger partial charge in [-0.05, 0) is 80.7 Å². The standard InChI is InChI=1S/C52H50F2N10O8/c1-3-33-37(53)11-8-28-18-32(65)19-35(41(28)33)44-43(54)45-36(21-57-44)46(62-23-29-9-10-30(24-62)58-29)61-50(60-45)72-26-52-15-14-31(63(52)22-27(2)20-52)25-71-51(70)56-17-5-16-55-38-7-4-6-34-42(38)49(69)64(48(34)68)39-12-13-40(66)59-47(39)67/h1,4,6-8,11,18-19,21,29-31,39,55,58,65H,2,5,9-10,12-17,20,22-26H2,(H,56,70)(H,59,66,67)/t29?,30?,31-,39?,52-/m0/s1. The van der Waals surface area contributed by atoms with Gasteiger partial charge in [0.25, 0.3) is 11.8 Å². The number of aromatic hydroxyl groups is 1. The molecule has 0 spiro atoms. The second-order valence-electron chi connectivity index (χ2n) is 19.5. The molecule has 5 fully saturated rings. The maximum Gasteiger partial charge on any atom is 0.407 e. The van der Waals surface area contributed by atoms with E-state index >= 15 is 8.78 Å². The van der Waals surface area contributed by atoms with Crippen LogP contribution in [0.25, 0.3) is 32.9 Å². The van der Waals surface area contributed by atoms with Crippen molar-refractivity contribution in [2.45, 2.75) is 81.1 Å². The molecular weight excluding hydrogens is 931 g/mol. The number of rotatable bonds is 13. The predicted molar refractivity (Wildman–Crippen MR) is 259 cm³/mol. The lowest BCUT2D eigenvalue weighted by Gasteiger charge is -2.35. The van der Waals surface area contributed by atoms with Crippen LogP contribution in [0, 0.1) is 24.0 Å². The summed E-state index contributed by atoms with van der Waals surface area (Å²) in [5.41, 5.74) is 0.978. The lowest BCUT2D eigenvalue weighted by molar-refractivity contribution is -0.136. The summed E-state index contributed by atoms with van der Waals surface area (Å²) < 4.78 is 44.5. The molecule has 8 heterocycles. The molecule has 6 aliphatic heterocycles. The Labute approximate surface area is 411 Å². The first kappa shape index (κ1) is 46.6. The van der Waals surface area contributed by atoms with Gasteiger partial charge in [-0.1, -0.05) is 30.2 Å². The van der Waals surface area contributed by atoms with Crippen LogP contribution in [-0.4, -0.2) is 135 Å². The van der Waals surface area contributed by atoms with Gasteiger partial charge in [-0.15, -0.1) is 6.42 Å². The maximum atomic E-state index is 17.2. The number of anilines is 2. The maximum absolute atomic E-state index is 17.2. The van der Waals surface area contributed by atoms with Crippen LogP contribution in [0.5, 0.6) is 11.8 Å². The second-order valence-corrected chi connectivity index (χ2v) is 19.5. The molecule has 5 saturated heterocycles. The Kier molecular flexibility index (Phi) is 11.9. The molecule has 3 unspecified atom stereocenters. The minimum atomic E-state index is -1.07. The molecule has 5 N–H and O–H groups in total. The van der Waals surface area contributed by atoms with Crippen molar-refractivity contribution in [3.05, 3.63) is 89.1 Å². The van der Waals surface area contributed by atoms with E-state index in [0.29, 0.717) is 74.1 Å². The number of alkyl carbamates (subject to hydrolysis) is 1. The number of halogens is 2.